The van der Waals surface area contributed by atoms with E-state index >= 15 is 0 Å². The van der Waals surface area contributed by atoms with Crippen molar-refractivity contribution in [3.63, 3.8) is 0 Å². The van der Waals surface area contributed by atoms with Crippen molar-refractivity contribution in [1.29, 1.82) is 0 Å². The van der Waals surface area contributed by atoms with E-state index in [-0.39, 0.29) is 0 Å². The Morgan fingerprint density at radius 1 is 1.11 bits per heavy atom. The highest BCUT2D eigenvalue weighted by Gasteiger charge is 2.41. The smallest absolute Gasteiger partial charge is 0.00724 e. The monoisotopic (exact) mass is 243 g/mol. The van der Waals surface area contributed by atoms with Crippen LogP contribution in [0.25, 0.3) is 0 Å². The molecule has 0 heterocycles. The molecule has 3 unspecified atom stereocenters. The van der Waals surface area contributed by atoms with E-state index in [1.165, 1.54) is 25.7 Å². The molecular formula is C17H25N. The molecule has 0 radical (unpaired) electrons. The highest BCUT2D eigenvalue weighted by atomic mass is 14.9. The summed E-state index contributed by atoms with van der Waals surface area (Å²) in [6.45, 7) is 5.73. The molecule has 2 aliphatic rings. The summed E-state index contributed by atoms with van der Waals surface area (Å²) in [5.74, 6) is 2.71. The van der Waals surface area contributed by atoms with E-state index in [1.54, 1.807) is 11.1 Å². The summed E-state index contributed by atoms with van der Waals surface area (Å²) >= 11 is 0. The highest BCUT2D eigenvalue weighted by molar-refractivity contribution is 5.30. The van der Waals surface area contributed by atoms with Crippen LogP contribution in [0.4, 0.5) is 0 Å². The Kier molecular flexibility index (Phi) is 3.43. The molecule has 1 nitrogen and oxygen atoms in total. The van der Waals surface area contributed by atoms with Gasteiger partial charge in [0.15, 0.2) is 0 Å². The van der Waals surface area contributed by atoms with E-state index < -0.39 is 0 Å². The lowest BCUT2D eigenvalue weighted by Crippen LogP contribution is -2.38. The fourth-order valence-electron chi connectivity index (χ4n) is 4.47. The predicted molar refractivity (Wildman–Crippen MR) is 76.7 cm³/mol. The zero-order chi connectivity index (χ0) is 12.5. The van der Waals surface area contributed by atoms with Crippen molar-refractivity contribution in [2.24, 2.45) is 17.8 Å². The molecule has 2 bridgehead atoms. The Morgan fingerprint density at radius 2 is 1.67 bits per heavy atom. The first-order chi connectivity index (χ1) is 8.79. The van der Waals surface area contributed by atoms with Gasteiger partial charge in [-0.05, 0) is 68.0 Å². The van der Waals surface area contributed by atoms with Crippen molar-refractivity contribution in [2.75, 3.05) is 6.54 Å². The summed E-state index contributed by atoms with van der Waals surface area (Å²) in [5, 5.41) is 3.67. The lowest BCUT2D eigenvalue weighted by molar-refractivity contribution is 0.245. The molecule has 0 saturated heterocycles. The molecule has 0 spiro atoms. The third-order valence-electron chi connectivity index (χ3n) is 5.18. The SMILES string of the molecule is CCNC(C)C1C2CCC1Cc1ccccc1C2. The number of benzene rings is 1. The van der Waals surface area contributed by atoms with Gasteiger partial charge in [-0.25, -0.2) is 0 Å². The predicted octanol–water partition coefficient (Wildman–Crippen LogP) is 3.43. The summed E-state index contributed by atoms with van der Waals surface area (Å²) in [5.41, 5.74) is 3.25. The van der Waals surface area contributed by atoms with Gasteiger partial charge in [0.25, 0.3) is 0 Å². The molecule has 98 valence electrons. The lowest BCUT2D eigenvalue weighted by Gasteiger charge is -2.29. The van der Waals surface area contributed by atoms with Crippen LogP contribution in [0.15, 0.2) is 24.3 Å². The average molecular weight is 243 g/mol. The largest absolute Gasteiger partial charge is 0.314 e. The Morgan fingerprint density at radius 3 is 2.17 bits per heavy atom. The van der Waals surface area contributed by atoms with Crippen LogP contribution in [0.5, 0.6) is 0 Å². The summed E-state index contributed by atoms with van der Waals surface area (Å²) in [7, 11) is 0. The topological polar surface area (TPSA) is 12.0 Å². The number of nitrogens with one attached hydrogen (secondary N) is 1. The van der Waals surface area contributed by atoms with E-state index in [0.29, 0.717) is 6.04 Å². The first kappa shape index (κ1) is 12.2. The number of rotatable bonds is 3. The van der Waals surface area contributed by atoms with E-state index in [9.17, 15) is 0 Å². The fraction of sp³-hybridized carbons (Fsp3) is 0.647. The minimum atomic E-state index is 0.682. The third kappa shape index (κ3) is 2.09. The van der Waals surface area contributed by atoms with Gasteiger partial charge < -0.3 is 5.32 Å². The highest BCUT2D eigenvalue weighted by Crippen LogP contribution is 2.45. The Labute approximate surface area is 111 Å². The quantitative estimate of drug-likeness (QED) is 0.857. The third-order valence-corrected chi connectivity index (χ3v) is 5.18. The average Bonchev–Trinajstić information content (AvgIpc) is 2.65. The number of fused-ring (bicyclic) bond motifs is 3. The normalized spacial score (nSPS) is 31.8. The van der Waals surface area contributed by atoms with Crippen LogP contribution in [0.1, 0.15) is 37.8 Å². The van der Waals surface area contributed by atoms with Gasteiger partial charge in [0.1, 0.15) is 0 Å². The van der Waals surface area contributed by atoms with E-state index in [0.717, 1.165) is 24.3 Å². The maximum atomic E-state index is 3.67. The van der Waals surface area contributed by atoms with Gasteiger partial charge in [-0.2, -0.15) is 0 Å². The van der Waals surface area contributed by atoms with Crippen LogP contribution < -0.4 is 5.32 Å². The molecule has 1 fully saturated rings. The van der Waals surface area contributed by atoms with Crippen LogP contribution in [-0.2, 0) is 12.8 Å². The van der Waals surface area contributed by atoms with Gasteiger partial charge in [-0.1, -0.05) is 31.2 Å². The van der Waals surface area contributed by atoms with Crippen LogP contribution in [0, 0.1) is 17.8 Å². The van der Waals surface area contributed by atoms with Crippen molar-refractivity contribution in [3.8, 4) is 0 Å². The summed E-state index contributed by atoms with van der Waals surface area (Å²) in [4.78, 5) is 0. The van der Waals surface area contributed by atoms with Crippen molar-refractivity contribution in [3.05, 3.63) is 35.4 Å². The lowest BCUT2D eigenvalue weighted by atomic mass is 9.82. The van der Waals surface area contributed by atoms with E-state index in [2.05, 4.69) is 43.4 Å². The second-order valence-corrected chi connectivity index (χ2v) is 6.20. The molecule has 1 N–H and O–H groups in total. The molecule has 2 aliphatic carbocycles. The first-order valence-corrected chi connectivity index (χ1v) is 7.59. The van der Waals surface area contributed by atoms with E-state index in [1.807, 2.05) is 0 Å². The summed E-state index contributed by atoms with van der Waals surface area (Å²) in [6, 6.07) is 9.80. The van der Waals surface area contributed by atoms with Crippen LogP contribution in [-0.4, -0.2) is 12.6 Å². The van der Waals surface area contributed by atoms with Gasteiger partial charge in [0.2, 0.25) is 0 Å². The molecule has 1 heteroatoms. The van der Waals surface area contributed by atoms with Crippen LogP contribution in [0.3, 0.4) is 0 Å². The van der Waals surface area contributed by atoms with Crippen molar-refractivity contribution in [2.45, 2.75) is 45.6 Å². The zero-order valence-corrected chi connectivity index (χ0v) is 11.7. The Balaban J connectivity index is 1.86. The van der Waals surface area contributed by atoms with Gasteiger partial charge in [0.05, 0.1) is 0 Å². The molecular weight excluding hydrogens is 218 g/mol. The van der Waals surface area contributed by atoms with Gasteiger partial charge in [-0.3, -0.25) is 0 Å². The minimum Gasteiger partial charge on any atom is -0.314 e. The van der Waals surface area contributed by atoms with Gasteiger partial charge in [-0.15, -0.1) is 0 Å². The summed E-state index contributed by atoms with van der Waals surface area (Å²) < 4.78 is 0. The van der Waals surface area contributed by atoms with Gasteiger partial charge in [0, 0.05) is 6.04 Å². The van der Waals surface area contributed by atoms with Gasteiger partial charge >= 0.3 is 0 Å². The molecule has 0 amide bonds. The molecule has 18 heavy (non-hydrogen) atoms. The Bertz CT molecular complexity index is 379. The molecule has 0 aliphatic heterocycles. The maximum Gasteiger partial charge on any atom is 0.00724 e. The molecule has 0 aromatic heterocycles. The number of hydrogen-bond donors (Lipinski definition) is 1. The van der Waals surface area contributed by atoms with Crippen molar-refractivity contribution < 1.29 is 0 Å². The van der Waals surface area contributed by atoms with E-state index in [4.69, 9.17) is 0 Å². The second kappa shape index (κ2) is 5.05. The standard InChI is InChI=1S/C17H25N/c1-3-18-12(2)17-15-8-9-16(17)11-14-7-5-4-6-13(14)10-15/h4-7,12,15-18H,3,8-11H2,1-2H3. The fourth-order valence-corrected chi connectivity index (χ4v) is 4.47. The summed E-state index contributed by atoms with van der Waals surface area (Å²) in [6.07, 6.45) is 5.51. The second-order valence-electron chi connectivity index (χ2n) is 6.20. The maximum absolute atomic E-state index is 3.67. The van der Waals surface area contributed by atoms with Crippen molar-refractivity contribution in [1.82, 2.24) is 5.32 Å². The molecule has 1 aromatic rings. The van der Waals surface area contributed by atoms with Crippen LogP contribution in [0.2, 0.25) is 0 Å². The molecule has 1 aromatic carbocycles. The molecule has 3 rings (SSSR count). The zero-order valence-electron chi connectivity index (χ0n) is 11.7. The number of hydrogen-bond acceptors (Lipinski definition) is 1. The Hall–Kier alpha value is -0.820. The minimum absolute atomic E-state index is 0.682. The van der Waals surface area contributed by atoms with Crippen LogP contribution >= 0.6 is 0 Å². The van der Waals surface area contributed by atoms with Crippen molar-refractivity contribution >= 4 is 0 Å². The first-order valence-electron chi connectivity index (χ1n) is 7.59. The molecule has 3 atom stereocenters. The molecule has 1 saturated carbocycles.